The molecule has 5 amide bonds. The minimum atomic E-state index is -1.30. The van der Waals surface area contributed by atoms with E-state index < -0.39 is 34.8 Å². The number of nitrogens with one attached hydrogen (secondary N) is 3. The minimum absolute atomic E-state index is 0.147. The van der Waals surface area contributed by atoms with E-state index in [0.717, 1.165) is 55.4 Å². The number of aromatic amines is 1. The van der Waals surface area contributed by atoms with E-state index in [1.165, 1.54) is 56.4 Å². The molecule has 0 bridgehead atoms. The number of nitrogens with zero attached hydrogens (tertiary/aromatic N) is 5. The first-order valence-corrected chi connectivity index (χ1v) is 22.1. The number of carbonyl (C=O) groups is 4. The van der Waals surface area contributed by atoms with Crippen LogP contribution in [0.4, 0.5) is 25.0 Å². The Hall–Kier alpha value is -7.08. The van der Waals surface area contributed by atoms with E-state index in [2.05, 4.69) is 42.6 Å². The van der Waals surface area contributed by atoms with Gasteiger partial charge in [-0.15, -0.1) is 0 Å². The highest BCUT2D eigenvalue weighted by atomic mass is 19.1. The molecule has 1 spiro atoms. The fraction of sp³-hybridized carbons (Fsp3) is 0.320. The average molecular weight is 913 g/mol. The zero-order chi connectivity index (χ0) is 47.2. The highest BCUT2D eigenvalue weighted by Gasteiger charge is 2.41. The third-order valence-electron chi connectivity index (χ3n) is 13.0. The molecule has 0 aliphatic carbocycles. The highest BCUT2D eigenvalue weighted by Crippen LogP contribution is 2.37. The van der Waals surface area contributed by atoms with Gasteiger partial charge in [-0.2, -0.15) is 0 Å². The summed E-state index contributed by atoms with van der Waals surface area (Å²) in [6.07, 6.45) is 3.03. The summed E-state index contributed by atoms with van der Waals surface area (Å²) in [6, 6.07) is 21.0. The zero-order valence-corrected chi connectivity index (χ0v) is 37.5. The molecule has 4 aromatic carbocycles. The number of benzene rings is 4. The molecule has 17 heteroatoms. The number of piperidine rings is 1. The summed E-state index contributed by atoms with van der Waals surface area (Å²) in [5.74, 6) is -2.28. The first-order chi connectivity index (χ1) is 32.1. The number of ether oxygens (including phenoxy) is 2. The molecule has 0 radical (unpaired) electrons. The molecule has 346 valence electrons. The number of likely N-dealkylation sites (tertiary alicyclic amines) is 1. The van der Waals surface area contributed by atoms with Gasteiger partial charge in [-0.3, -0.25) is 29.5 Å². The number of fused-ring (bicyclic) bond motifs is 1. The zero-order valence-electron chi connectivity index (χ0n) is 37.5. The number of hydrogen-bond donors (Lipinski definition) is 4. The smallest absolute Gasteiger partial charge is 0.328 e. The molecule has 3 saturated heterocycles. The van der Waals surface area contributed by atoms with Gasteiger partial charge in [-0.25, -0.2) is 23.5 Å². The van der Waals surface area contributed by atoms with Gasteiger partial charge in [0, 0.05) is 67.0 Å². The fourth-order valence-electron chi connectivity index (χ4n) is 9.13. The van der Waals surface area contributed by atoms with E-state index in [1.54, 1.807) is 25.1 Å². The second-order valence-corrected chi connectivity index (χ2v) is 17.9. The Labute approximate surface area is 385 Å². The average Bonchev–Trinajstić information content (AvgIpc) is 3.75. The summed E-state index contributed by atoms with van der Waals surface area (Å²) in [4.78, 5) is 69.5. The van der Waals surface area contributed by atoms with Crippen LogP contribution in [0.1, 0.15) is 70.5 Å². The number of rotatable bonds is 10. The van der Waals surface area contributed by atoms with Crippen LogP contribution in [-0.2, 0) is 21.7 Å². The molecule has 0 atom stereocenters. The Bertz CT molecular complexity index is 2920. The predicted octanol–water partition coefficient (Wildman–Crippen LogP) is 7.32. The number of imide groups is 1. The number of morpholine rings is 1. The lowest BCUT2D eigenvalue weighted by Crippen LogP contribution is -2.57. The van der Waals surface area contributed by atoms with Gasteiger partial charge in [-0.05, 0) is 104 Å². The minimum Gasteiger partial charge on any atom is -0.495 e. The molecular formula is C50H50F2N8O7. The number of carbonyl (C=O) groups excluding carboxylic acids is 4. The van der Waals surface area contributed by atoms with E-state index in [4.69, 9.17) is 9.47 Å². The van der Waals surface area contributed by atoms with E-state index in [-0.39, 0.29) is 36.0 Å². The lowest BCUT2D eigenvalue weighted by molar-refractivity contribution is -0.127. The lowest BCUT2D eigenvalue weighted by Gasteiger charge is -2.47. The van der Waals surface area contributed by atoms with Crippen molar-refractivity contribution >= 4 is 46.2 Å². The molecule has 0 unspecified atom stereocenters. The van der Waals surface area contributed by atoms with Gasteiger partial charge >= 0.3 is 6.03 Å². The molecule has 3 fully saturated rings. The Kier molecular flexibility index (Phi) is 12.1. The van der Waals surface area contributed by atoms with Gasteiger partial charge in [0.1, 0.15) is 29.4 Å². The molecule has 6 aromatic rings. The van der Waals surface area contributed by atoms with Crippen LogP contribution in [0.15, 0.2) is 85.2 Å². The first kappa shape index (κ1) is 45.1. The van der Waals surface area contributed by atoms with Crippen LogP contribution in [0.5, 0.6) is 5.75 Å². The van der Waals surface area contributed by atoms with Crippen LogP contribution < -0.4 is 20.3 Å². The third-order valence-corrected chi connectivity index (χ3v) is 13.0. The van der Waals surface area contributed by atoms with Crippen LogP contribution >= 0.6 is 0 Å². The molecule has 3 aliphatic heterocycles. The van der Waals surface area contributed by atoms with Crippen LogP contribution in [-0.4, -0.2) is 106 Å². The van der Waals surface area contributed by atoms with Gasteiger partial charge < -0.3 is 29.8 Å². The van der Waals surface area contributed by atoms with Crippen molar-refractivity contribution in [1.82, 2.24) is 30.1 Å². The summed E-state index contributed by atoms with van der Waals surface area (Å²) in [5, 5.41) is 15.9. The van der Waals surface area contributed by atoms with Crippen molar-refractivity contribution in [2.45, 2.75) is 57.8 Å². The SMILES string of the molecule is COc1ccc(C(=O)N2CCOC3(CCN(Cc4ccc(-c5cc6c(-c7cc(F)cc(NC(=O)c8ccc(C(C)(C)O)cc8F)c7C)ncnc6[nH]5)cc4)CC3)C2)cc1N1CCC(=O)NC1=O. The number of methoxy groups -OCH3 is 1. The van der Waals surface area contributed by atoms with Crippen LogP contribution in [0.3, 0.4) is 0 Å². The number of hydrogen-bond acceptors (Lipinski definition) is 10. The number of urea groups is 1. The van der Waals surface area contributed by atoms with Crippen LogP contribution in [0, 0.1) is 18.6 Å². The second-order valence-electron chi connectivity index (χ2n) is 17.9. The maximum atomic E-state index is 15.2. The normalized spacial score (nSPS) is 16.6. The standard InChI is InChI=1S/C50H50F2N8O7/c1-29-36(23-34(51)24-39(29)56-46(62)35-11-10-33(22-38(35)52)49(2,3)65)44-37-25-40(55-45(37)54-28-53-44)31-7-5-30(6-8-31)26-58-17-14-50(15-18-58)27-59(19-20-67-50)47(63)32-9-12-42(66-4)41(21-32)60-16-13-43(61)57-48(60)64/h5-12,21-25,28,65H,13-20,26-27H2,1-4H3,(H,56,62)(H,53,54,55)(H,57,61,64). The van der Waals surface area contributed by atoms with Gasteiger partial charge in [0.15, 0.2) is 0 Å². The summed E-state index contributed by atoms with van der Waals surface area (Å²) in [6.45, 7) is 8.53. The molecule has 67 heavy (non-hydrogen) atoms. The van der Waals surface area contributed by atoms with Crippen molar-refractivity contribution in [3.05, 3.63) is 125 Å². The van der Waals surface area contributed by atoms with Gasteiger partial charge in [-0.1, -0.05) is 30.3 Å². The first-order valence-electron chi connectivity index (χ1n) is 22.1. The van der Waals surface area contributed by atoms with Crippen molar-refractivity contribution in [1.29, 1.82) is 0 Å². The summed E-state index contributed by atoms with van der Waals surface area (Å²) in [5.41, 5.74) is 4.05. The molecule has 2 aromatic heterocycles. The Morgan fingerprint density at radius 1 is 0.955 bits per heavy atom. The van der Waals surface area contributed by atoms with Gasteiger partial charge in [0.05, 0.1) is 48.4 Å². The largest absolute Gasteiger partial charge is 0.495 e. The molecular weight excluding hydrogens is 863 g/mol. The van der Waals surface area contributed by atoms with Crippen LogP contribution in [0.25, 0.3) is 33.5 Å². The Morgan fingerprint density at radius 3 is 2.45 bits per heavy atom. The monoisotopic (exact) mass is 912 g/mol. The molecule has 5 heterocycles. The molecule has 3 aliphatic rings. The van der Waals surface area contributed by atoms with Gasteiger partial charge in [0.2, 0.25) is 5.91 Å². The number of aliphatic hydroxyl groups is 1. The molecule has 15 nitrogen and oxygen atoms in total. The molecule has 9 rings (SSSR count). The van der Waals surface area contributed by atoms with Crippen molar-refractivity contribution in [2.75, 3.05) is 56.7 Å². The van der Waals surface area contributed by atoms with E-state index in [0.29, 0.717) is 70.1 Å². The third kappa shape index (κ3) is 9.22. The van der Waals surface area contributed by atoms with Crippen molar-refractivity contribution < 1.29 is 42.5 Å². The summed E-state index contributed by atoms with van der Waals surface area (Å²) >= 11 is 0. The van der Waals surface area contributed by atoms with Gasteiger partial charge in [0.25, 0.3) is 11.8 Å². The number of aromatic nitrogens is 3. The van der Waals surface area contributed by atoms with Crippen LogP contribution in [0.2, 0.25) is 0 Å². The van der Waals surface area contributed by atoms with Crippen molar-refractivity contribution in [3.63, 3.8) is 0 Å². The summed E-state index contributed by atoms with van der Waals surface area (Å²) in [7, 11) is 1.49. The number of halogens is 2. The lowest BCUT2D eigenvalue weighted by atomic mass is 9.89. The van der Waals surface area contributed by atoms with E-state index in [1.807, 2.05) is 23.1 Å². The fourth-order valence-corrected chi connectivity index (χ4v) is 9.13. The maximum absolute atomic E-state index is 15.2. The quantitative estimate of drug-likeness (QED) is 0.109. The van der Waals surface area contributed by atoms with Crippen molar-refractivity contribution in [3.8, 4) is 28.3 Å². The maximum Gasteiger partial charge on any atom is 0.328 e. The topological polar surface area (TPSA) is 182 Å². The number of amides is 5. The Morgan fingerprint density at radius 2 is 1.73 bits per heavy atom. The van der Waals surface area contributed by atoms with Crippen molar-refractivity contribution in [2.24, 2.45) is 0 Å². The highest BCUT2D eigenvalue weighted by molar-refractivity contribution is 6.07. The predicted molar refractivity (Wildman–Crippen MR) is 247 cm³/mol. The van der Waals surface area contributed by atoms with E-state index in [9.17, 15) is 24.3 Å². The number of H-pyrrole nitrogens is 1. The summed E-state index contributed by atoms with van der Waals surface area (Å²) < 4.78 is 42.1. The molecule has 4 N–H and O–H groups in total. The molecule has 0 saturated carbocycles. The Balaban J connectivity index is 0.844. The van der Waals surface area contributed by atoms with E-state index >= 15 is 8.78 Å². The number of anilines is 2. The second kappa shape index (κ2) is 18.0.